The summed E-state index contributed by atoms with van der Waals surface area (Å²) < 4.78 is 0. The molecule has 0 heterocycles. The molecule has 0 spiro atoms. The molecule has 0 bridgehead atoms. The molecule has 1 rings (SSSR count). The van der Waals surface area contributed by atoms with Crippen LogP contribution in [0.4, 0.5) is 11.4 Å². The highest BCUT2D eigenvalue weighted by Crippen LogP contribution is 2.33. The van der Waals surface area contributed by atoms with E-state index in [1.165, 1.54) is 0 Å². The predicted octanol–water partition coefficient (Wildman–Crippen LogP) is 3.19. The first-order valence-electron chi connectivity index (χ1n) is 5.93. The Morgan fingerprint density at radius 2 is 1.94 bits per heavy atom. The van der Waals surface area contributed by atoms with Gasteiger partial charge in [-0.15, -0.1) is 0 Å². The molecule has 0 atom stereocenters. The molecule has 0 aliphatic heterocycles. The van der Waals surface area contributed by atoms with Gasteiger partial charge in [0.25, 0.3) is 0 Å². The summed E-state index contributed by atoms with van der Waals surface area (Å²) in [7, 11) is 0. The Morgan fingerprint density at radius 1 is 1.35 bits per heavy atom. The summed E-state index contributed by atoms with van der Waals surface area (Å²) in [6.07, 6.45) is 1.65. The van der Waals surface area contributed by atoms with Crippen LogP contribution in [-0.4, -0.2) is 17.3 Å². The minimum atomic E-state index is -0.330. The van der Waals surface area contributed by atoms with E-state index in [9.17, 15) is 5.11 Å². The number of rotatable bonds is 5. The van der Waals surface area contributed by atoms with Gasteiger partial charge in [0.15, 0.2) is 0 Å². The summed E-state index contributed by atoms with van der Waals surface area (Å²) in [6, 6.07) is 3.57. The van der Waals surface area contributed by atoms with Gasteiger partial charge in [0, 0.05) is 5.02 Å². The molecule has 1 aromatic carbocycles. The van der Waals surface area contributed by atoms with Crippen LogP contribution in [0.3, 0.4) is 0 Å². The van der Waals surface area contributed by atoms with E-state index < -0.39 is 0 Å². The number of nitrogens with two attached hydrogens (primary N) is 1. The van der Waals surface area contributed by atoms with Gasteiger partial charge < -0.3 is 16.2 Å². The van der Waals surface area contributed by atoms with Crippen LogP contribution >= 0.6 is 11.6 Å². The average molecular weight is 257 g/mol. The van der Waals surface area contributed by atoms with E-state index in [1.807, 2.05) is 20.8 Å². The van der Waals surface area contributed by atoms with E-state index in [1.54, 1.807) is 12.1 Å². The van der Waals surface area contributed by atoms with E-state index in [4.69, 9.17) is 17.3 Å². The molecule has 0 aliphatic rings. The van der Waals surface area contributed by atoms with Gasteiger partial charge in [0.1, 0.15) is 0 Å². The molecule has 17 heavy (non-hydrogen) atoms. The van der Waals surface area contributed by atoms with Gasteiger partial charge in [-0.1, -0.05) is 25.4 Å². The fraction of sp³-hybridized carbons (Fsp3) is 0.538. The van der Waals surface area contributed by atoms with Gasteiger partial charge in [-0.2, -0.15) is 0 Å². The fourth-order valence-electron chi connectivity index (χ4n) is 1.83. The van der Waals surface area contributed by atoms with Crippen molar-refractivity contribution in [2.24, 2.45) is 0 Å². The van der Waals surface area contributed by atoms with Crippen LogP contribution in [0.25, 0.3) is 0 Å². The Balaban J connectivity index is 3.13. The van der Waals surface area contributed by atoms with E-state index >= 15 is 0 Å². The third kappa shape index (κ3) is 2.85. The molecule has 4 N–H and O–H groups in total. The van der Waals surface area contributed by atoms with Crippen molar-refractivity contribution in [3.63, 3.8) is 0 Å². The van der Waals surface area contributed by atoms with Crippen molar-refractivity contribution in [3.8, 4) is 0 Å². The maximum Gasteiger partial charge on any atom is 0.0661 e. The smallest absolute Gasteiger partial charge is 0.0661 e. The van der Waals surface area contributed by atoms with Crippen LogP contribution < -0.4 is 11.1 Å². The van der Waals surface area contributed by atoms with E-state index in [-0.39, 0.29) is 12.1 Å². The third-order valence-corrected chi connectivity index (χ3v) is 3.89. The zero-order valence-corrected chi connectivity index (χ0v) is 11.4. The van der Waals surface area contributed by atoms with Crippen LogP contribution in [0.1, 0.15) is 32.3 Å². The summed E-state index contributed by atoms with van der Waals surface area (Å²) in [5, 5.41) is 13.6. The maximum atomic E-state index is 9.55. The van der Waals surface area contributed by atoms with Crippen LogP contribution in [0.2, 0.25) is 5.02 Å². The Labute approximate surface area is 108 Å². The van der Waals surface area contributed by atoms with Crippen molar-refractivity contribution in [2.75, 3.05) is 17.7 Å². The largest absolute Gasteiger partial charge is 0.397 e. The summed E-state index contributed by atoms with van der Waals surface area (Å²) in [5.74, 6) is 0. The molecule has 96 valence electrons. The number of nitrogens with one attached hydrogen (secondary N) is 1. The van der Waals surface area contributed by atoms with Crippen LogP contribution in [0.5, 0.6) is 0 Å². The number of aliphatic hydroxyl groups is 1. The Morgan fingerprint density at radius 3 is 2.41 bits per heavy atom. The summed E-state index contributed by atoms with van der Waals surface area (Å²) in [5.41, 5.74) is 8.04. The Hall–Kier alpha value is -0.930. The number of hydrogen-bond donors (Lipinski definition) is 3. The van der Waals surface area contributed by atoms with Crippen LogP contribution in [0, 0.1) is 6.92 Å². The molecule has 0 fully saturated rings. The molecule has 4 heteroatoms. The minimum Gasteiger partial charge on any atom is -0.397 e. The first kappa shape index (κ1) is 14.1. The molecule has 0 radical (unpaired) electrons. The molecule has 0 aromatic heterocycles. The fourth-order valence-corrected chi connectivity index (χ4v) is 1.99. The van der Waals surface area contributed by atoms with Gasteiger partial charge in [-0.25, -0.2) is 0 Å². The summed E-state index contributed by atoms with van der Waals surface area (Å²) >= 11 is 6.09. The van der Waals surface area contributed by atoms with Crippen LogP contribution in [0.15, 0.2) is 12.1 Å². The second-order valence-electron chi connectivity index (χ2n) is 4.41. The third-order valence-electron chi connectivity index (χ3n) is 3.48. The van der Waals surface area contributed by atoms with Gasteiger partial charge in [0.2, 0.25) is 0 Å². The summed E-state index contributed by atoms with van der Waals surface area (Å²) in [6.45, 7) is 6.09. The zero-order chi connectivity index (χ0) is 13.1. The highest BCUT2D eigenvalue weighted by molar-refractivity contribution is 6.31. The van der Waals surface area contributed by atoms with E-state index in [0.717, 1.165) is 24.1 Å². The van der Waals surface area contributed by atoms with Gasteiger partial charge >= 0.3 is 0 Å². The van der Waals surface area contributed by atoms with Crippen molar-refractivity contribution in [3.05, 3.63) is 22.7 Å². The molecule has 0 aliphatic carbocycles. The lowest BCUT2D eigenvalue weighted by atomic mass is 9.93. The number of nitrogen functional groups attached to an aromatic ring is 1. The Bertz CT molecular complexity index is 381. The number of hydrogen-bond acceptors (Lipinski definition) is 3. The highest BCUT2D eigenvalue weighted by Gasteiger charge is 2.26. The van der Waals surface area contributed by atoms with Gasteiger partial charge in [0.05, 0.1) is 23.5 Å². The predicted molar refractivity (Wildman–Crippen MR) is 74.6 cm³/mol. The number of anilines is 2. The van der Waals surface area contributed by atoms with Crippen molar-refractivity contribution in [1.29, 1.82) is 0 Å². The maximum absolute atomic E-state index is 9.55. The zero-order valence-electron chi connectivity index (χ0n) is 10.7. The first-order valence-corrected chi connectivity index (χ1v) is 6.31. The highest BCUT2D eigenvalue weighted by atomic mass is 35.5. The van der Waals surface area contributed by atoms with E-state index in [0.29, 0.717) is 10.7 Å². The monoisotopic (exact) mass is 256 g/mol. The number of aliphatic hydroxyl groups excluding tert-OH is 1. The number of benzene rings is 1. The first-order chi connectivity index (χ1) is 7.99. The Kier molecular flexibility index (Phi) is 4.66. The SMILES string of the molecule is CCC(CC)(CO)Nc1c(N)ccc(Cl)c1C. The minimum absolute atomic E-state index is 0.0748. The van der Waals surface area contributed by atoms with E-state index in [2.05, 4.69) is 5.32 Å². The lowest BCUT2D eigenvalue weighted by Gasteiger charge is -2.33. The lowest BCUT2D eigenvalue weighted by molar-refractivity contribution is 0.202. The molecule has 0 saturated carbocycles. The quantitative estimate of drug-likeness (QED) is 0.709. The second-order valence-corrected chi connectivity index (χ2v) is 4.81. The van der Waals surface area contributed by atoms with Crippen molar-refractivity contribution < 1.29 is 5.11 Å². The molecule has 0 saturated heterocycles. The number of halogens is 1. The van der Waals surface area contributed by atoms with Crippen molar-refractivity contribution in [1.82, 2.24) is 0 Å². The van der Waals surface area contributed by atoms with Crippen molar-refractivity contribution >= 4 is 23.0 Å². The summed E-state index contributed by atoms with van der Waals surface area (Å²) in [4.78, 5) is 0. The molecule has 0 unspecified atom stereocenters. The van der Waals surface area contributed by atoms with Crippen molar-refractivity contribution in [2.45, 2.75) is 39.2 Å². The average Bonchev–Trinajstić information content (AvgIpc) is 2.36. The van der Waals surface area contributed by atoms with Gasteiger partial charge in [-0.3, -0.25) is 0 Å². The normalized spacial score (nSPS) is 11.6. The standard InChI is InChI=1S/C13H21ClN2O/c1-4-13(5-2,8-17)16-12-9(3)10(14)6-7-11(12)15/h6-7,16-17H,4-5,8,15H2,1-3H3. The van der Waals surface area contributed by atoms with Crippen LogP contribution in [-0.2, 0) is 0 Å². The molecule has 0 amide bonds. The molecular weight excluding hydrogens is 236 g/mol. The van der Waals surface area contributed by atoms with Gasteiger partial charge in [-0.05, 0) is 37.5 Å². The lowest BCUT2D eigenvalue weighted by Crippen LogP contribution is -2.41. The molecule has 1 aromatic rings. The second kappa shape index (κ2) is 5.61. The molecule has 3 nitrogen and oxygen atoms in total. The molecular formula is C13H21ClN2O. The topological polar surface area (TPSA) is 58.3 Å².